The van der Waals surface area contributed by atoms with Crippen LogP contribution in [-0.2, 0) is 13.0 Å². The van der Waals surface area contributed by atoms with Crippen LogP contribution in [0.15, 0.2) is 24.3 Å². The normalized spacial score (nSPS) is 25.5. The van der Waals surface area contributed by atoms with Crippen molar-refractivity contribution in [2.75, 3.05) is 26.2 Å². The van der Waals surface area contributed by atoms with E-state index in [0.717, 1.165) is 24.9 Å². The smallest absolute Gasteiger partial charge is 0.0233 e. The Morgan fingerprint density at radius 1 is 0.955 bits per heavy atom. The molecule has 2 nitrogen and oxygen atoms in total. The Bertz CT molecular complexity index is 445. The monoisotopic (exact) mass is 300 g/mol. The molecule has 0 bridgehead atoms. The molecule has 0 radical (unpaired) electrons. The zero-order chi connectivity index (χ0) is 15.4. The Labute approximate surface area is 136 Å². The van der Waals surface area contributed by atoms with Gasteiger partial charge < -0.3 is 4.90 Å². The summed E-state index contributed by atoms with van der Waals surface area (Å²) in [5, 5.41) is 0. The minimum absolute atomic E-state index is 0.849. The van der Waals surface area contributed by atoms with Crippen molar-refractivity contribution in [3.05, 3.63) is 35.4 Å². The molecule has 2 fully saturated rings. The highest BCUT2D eigenvalue weighted by molar-refractivity contribution is 5.22. The van der Waals surface area contributed by atoms with E-state index in [9.17, 15) is 0 Å². The zero-order valence-corrected chi connectivity index (χ0v) is 14.4. The third kappa shape index (κ3) is 4.11. The van der Waals surface area contributed by atoms with Crippen LogP contribution in [0.2, 0.25) is 0 Å². The van der Waals surface area contributed by atoms with Crippen LogP contribution in [-0.4, -0.2) is 42.0 Å². The quantitative estimate of drug-likeness (QED) is 0.831. The first-order valence-electron chi connectivity index (χ1n) is 9.29. The third-order valence-corrected chi connectivity index (χ3v) is 5.60. The van der Waals surface area contributed by atoms with Crippen molar-refractivity contribution in [2.45, 2.75) is 58.5 Å². The van der Waals surface area contributed by atoms with Gasteiger partial charge in [0.15, 0.2) is 0 Å². The SMILES string of the molecule is CCc1ccc(CN2CCC(N3CCC[C@H](C)C3)CC2)cc1. The molecule has 2 saturated heterocycles. The summed E-state index contributed by atoms with van der Waals surface area (Å²) in [6.45, 7) is 11.0. The molecule has 0 amide bonds. The van der Waals surface area contributed by atoms with Crippen molar-refractivity contribution < 1.29 is 0 Å². The van der Waals surface area contributed by atoms with Gasteiger partial charge in [0.05, 0.1) is 0 Å². The lowest BCUT2D eigenvalue weighted by molar-refractivity contribution is 0.0729. The molecule has 3 rings (SSSR count). The molecule has 1 aromatic rings. The van der Waals surface area contributed by atoms with Gasteiger partial charge in [-0.05, 0) is 68.8 Å². The van der Waals surface area contributed by atoms with Crippen LogP contribution in [0, 0.1) is 5.92 Å². The van der Waals surface area contributed by atoms with Crippen LogP contribution in [0.25, 0.3) is 0 Å². The van der Waals surface area contributed by atoms with Crippen molar-refractivity contribution in [1.29, 1.82) is 0 Å². The molecule has 0 aliphatic carbocycles. The van der Waals surface area contributed by atoms with Gasteiger partial charge in [-0.25, -0.2) is 0 Å². The lowest BCUT2D eigenvalue weighted by Gasteiger charge is -2.41. The maximum absolute atomic E-state index is 2.78. The van der Waals surface area contributed by atoms with Gasteiger partial charge in [-0.3, -0.25) is 4.90 Å². The fraction of sp³-hybridized carbons (Fsp3) is 0.700. The zero-order valence-electron chi connectivity index (χ0n) is 14.4. The van der Waals surface area contributed by atoms with Crippen molar-refractivity contribution in [1.82, 2.24) is 9.80 Å². The number of rotatable bonds is 4. The molecule has 2 aliphatic rings. The van der Waals surface area contributed by atoms with Gasteiger partial charge in [0.2, 0.25) is 0 Å². The van der Waals surface area contributed by atoms with Crippen LogP contribution in [0.3, 0.4) is 0 Å². The lowest BCUT2D eigenvalue weighted by atomic mass is 9.95. The van der Waals surface area contributed by atoms with Gasteiger partial charge >= 0.3 is 0 Å². The summed E-state index contributed by atoms with van der Waals surface area (Å²) in [6, 6.07) is 10.1. The molecule has 2 heterocycles. The Balaban J connectivity index is 1.46. The molecule has 2 heteroatoms. The molecule has 22 heavy (non-hydrogen) atoms. The lowest BCUT2D eigenvalue weighted by Crippen LogP contribution is -2.47. The summed E-state index contributed by atoms with van der Waals surface area (Å²) < 4.78 is 0. The summed E-state index contributed by atoms with van der Waals surface area (Å²) in [5.74, 6) is 0.906. The highest BCUT2D eigenvalue weighted by Gasteiger charge is 2.27. The molecule has 0 N–H and O–H groups in total. The van der Waals surface area contributed by atoms with Crippen LogP contribution < -0.4 is 0 Å². The Morgan fingerprint density at radius 3 is 2.27 bits per heavy atom. The van der Waals surface area contributed by atoms with Gasteiger partial charge in [-0.2, -0.15) is 0 Å². The first kappa shape index (κ1) is 16.0. The third-order valence-electron chi connectivity index (χ3n) is 5.60. The summed E-state index contributed by atoms with van der Waals surface area (Å²) in [7, 11) is 0. The first-order valence-corrected chi connectivity index (χ1v) is 9.29. The average Bonchev–Trinajstić information content (AvgIpc) is 2.56. The van der Waals surface area contributed by atoms with E-state index < -0.39 is 0 Å². The highest BCUT2D eigenvalue weighted by Crippen LogP contribution is 2.24. The molecular weight excluding hydrogens is 268 g/mol. The molecule has 0 unspecified atom stereocenters. The molecule has 0 aromatic heterocycles. The van der Waals surface area contributed by atoms with Crippen molar-refractivity contribution in [3.63, 3.8) is 0 Å². The van der Waals surface area contributed by atoms with Gasteiger partial charge in [-0.15, -0.1) is 0 Å². The summed E-state index contributed by atoms with van der Waals surface area (Å²) in [6.07, 6.45) is 6.70. The predicted octanol–water partition coefficient (Wildman–Crippen LogP) is 3.95. The second-order valence-corrected chi connectivity index (χ2v) is 7.42. The van der Waals surface area contributed by atoms with Crippen molar-refractivity contribution in [3.8, 4) is 0 Å². The maximum Gasteiger partial charge on any atom is 0.0233 e. The van der Waals surface area contributed by atoms with Gasteiger partial charge in [0, 0.05) is 19.1 Å². The van der Waals surface area contributed by atoms with Crippen LogP contribution in [0.5, 0.6) is 0 Å². The van der Waals surface area contributed by atoms with E-state index in [1.54, 1.807) is 0 Å². The van der Waals surface area contributed by atoms with Crippen LogP contribution >= 0.6 is 0 Å². The van der Waals surface area contributed by atoms with E-state index in [4.69, 9.17) is 0 Å². The number of aryl methyl sites for hydroxylation is 1. The second kappa shape index (κ2) is 7.61. The van der Waals surface area contributed by atoms with Gasteiger partial charge in [-0.1, -0.05) is 38.1 Å². The first-order chi connectivity index (χ1) is 10.7. The summed E-state index contributed by atoms with van der Waals surface area (Å²) in [4.78, 5) is 5.42. The number of piperidine rings is 2. The molecular formula is C20H32N2. The molecule has 1 atom stereocenters. The molecule has 2 aliphatic heterocycles. The van der Waals surface area contributed by atoms with Crippen LogP contribution in [0.4, 0.5) is 0 Å². The van der Waals surface area contributed by atoms with Crippen molar-refractivity contribution in [2.24, 2.45) is 5.92 Å². The summed E-state index contributed by atoms with van der Waals surface area (Å²) >= 11 is 0. The molecule has 1 aromatic carbocycles. The van der Waals surface area contributed by atoms with E-state index >= 15 is 0 Å². The number of likely N-dealkylation sites (tertiary alicyclic amines) is 2. The van der Waals surface area contributed by atoms with Crippen LogP contribution in [0.1, 0.15) is 50.7 Å². The predicted molar refractivity (Wildman–Crippen MR) is 94.1 cm³/mol. The molecule has 122 valence electrons. The fourth-order valence-corrected chi connectivity index (χ4v) is 4.14. The van der Waals surface area contributed by atoms with Crippen molar-refractivity contribution >= 4 is 0 Å². The van der Waals surface area contributed by atoms with E-state index in [1.165, 1.54) is 63.0 Å². The average molecular weight is 300 g/mol. The van der Waals surface area contributed by atoms with E-state index in [-0.39, 0.29) is 0 Å². The Morgan fingerprint density at radius 2 is 1.64 bits per heavy atom. The minimum atomic E-state index is 0.849. The standard InChI is InChI=1S/C20H32N2/c1-3-18-6-8-19(9-7-18)16-21-13-10-20(11-14-21)22-12-4-5-17(2)15-22/h6-9,17,20H,3-5,10-16H2,1-2H3/t17-/m0/s1. The largest absolute Gasteiger partial charge is 0.300 e. The molecule has 0 spiro atoms. The second-order valence-electron chi connectivity index (χ2n) is 7.42. The van der Waals surface area contributed by atoms with Gasteiger partial charge in [0.1, 0.15) is 0 Å². The minimum Gasteiger partial charge on any atom is -0.300 e. The topological polar surface area (TPSA) is 6.48 Å². The fourth-order valence-electron chi connectivity index (χ4n) is 4.14. The number of benzene rings is 1. The van der Waals surface area contributed by atoms with E-state index in [0.29, 0.717) is 0 Å². The van der Waals surface area contributed by atoms with E-state index in [1.807, 2.05) is 0 Å². The highest BCUT2D eigenvalue weighted by atomic mass is 15.2. The van der Waals surface area contributed by atoms with Gasteiger partial charge in [0.25, 0.3) is 0 Å². The van der Waals surface area contributed by atoms with E-state index in [2.05, 4.69) is 47.9 Å². The Hall–Kier alpha value is -0.860. The number of hydrogen-bond acceptors (Lipinski definition) is 2. The number of nitrogens with zero attached hydrogens (tertiary/aromatic N) is 2. The molecule has 0 saturated carbocycles. The Kier molecular flexibility index (Phi) is 5.54. The number of hydrogen-bond donors (Lipinski definition) is 0. The summed E-state index contributed by atoms with van der Waals surface area (Å²) in [5.41, 5.74) is 2.92. The maximum atomic E-state index is 2.78.